The highest BCUT2D eigenvalue weighted by molar-refractivity contribution is 6.05. The summed E-state index contributed by atoms with van der Waals surface area (Å²) in [5.74, 6) is -0.0749. The van der Waals surface area contributed by atoms with Crippen LogP contribution in [0, 0.1) is 0 Å². The number of likely N-dealkylation sites (tertiary alicyclic amines) is 1. The van der Waals surface area contributed by atoms with Crippen LogP contribution < -0.4 is 10.6 Å². The lowest BCUT2D eigenvalue weighted by Gasteiger charge is -2.45. The molecule has 3 heterocycles. The van der Waals surface area contributed by atoms with Crippen molar-refractivity contribution in [3.8, 4) is 0 Å². The highest BCUT2D eigenvalue weighted by Gasteiger charge is 2.41. The Morgan fingerprint density at radius 1 is 0.964 bits per heavy atom. The fourth-order valence-corrected chi connectivity index (χ4v) is 4.15. The van der Waals surface area contributed by atoms with E-state index in [4.69, 9.17) is 0 Å². The lowest BCUT2D eigenvalue weighted by molar-refractivity contribution is 0.0641. The van der Waals surface area contributed by atoms with Gasteiger partial charge >= 0.3 is 0 Å². The number of fused-ring (bicyclic) bond motifs is 2. The minimum absolute atomic E-state index is 0.0123. The molecule has 28 heavy (non-hydrogen) atoms. The SMILES string of the molecule is O=C1NC2(CCN(C(=O)c3cccc4cccnc34)CC2)Nc2ccccc21. The van der Waals surface area contributed by atoms with E-state index in [0.29, 0.717) is 37.1 Å². The molecule has 2 aliphatic heterocycles. The summed E-state index contributed by atoms with van der Waals surface area (Å²) in [7, 11) is 0. The number of nitrogens with one attached hydrogen (secondary N) is 2. The largest absolute Gasteiger partial charge is 0.362 e. The number of pyridine rings is 1. The Bertz CT molecular complexity index is 1080. The third-order valence-corrected chi connectivity index (χ3v) is 5.67. The lowest BCUT2D eigenvalue weighted by Crippen LogP contribution is -2.62. The van der Waals surface area contributed by atoms with Crippen LogP contribution in [0.2, 0.25) is 0 Å². The molecular formula is C22H20N4O2. The Labute approximate surface area is 162 Å². The van der Waals surface area contributed by atoms with E-state index in [2.05, 4.69) is 15.6 Å². The van der Waals surface area contributed by atoms with Crippen LogP contribution in [-0.4, -0.2) is 40.5 Å². The zero-order valence-corrected chi connectivity index (χ0v) is 15.3. The van der Waals surface area contributed by atoms with Gasteiger partial charge in [-0.25, -0.2) is 0 Å². The molecule has 1 spiro atoms. The summed E-state index contributed by atoms with van der Waals surface area (Å²) >= 11 is 0. The van der Waals surface area contributed by atoms with Gasteiger partial charge in [0, 0.05) is 43.2 Å². The van der Waals surface area contributed by atoms with E-state index < -0.39 is 5.66 Å². The standard InChI is InChI=1S/C22H20N4O2/c27-20-16-7-1-2-9-18(16)24-22(25-20)10-13-26(14-11-22)21(28)17-8-3-5-15-6-4-12-23-19(15)17/h1-9,12,24H,10-11,13-14H2,(H,25,27). The molecule has 6 heteroatoms. The minimum atomic E-state index is -0.501. The molecule has 0 saturated carbocycles. The summed E-state index contributed by atoms with van der Waals surface area (Å²) < 4.78 is 0. The average Bonchev–Trinajstić information content (AvgIpc) is 2.73. The van der Waals surface area contributed by atoms with Gasteiger partial charge in [-0.2, -0.15) is 0 Å². The van der Waals surface area contributed by atoms with E-state index >= 15 is 0 Å². The van der Waals surface area contributed by atoms with E-state index in [9.17, 15) is 9.59 Å². The van der Waals surface area contributed by atoms with Crippen molar-refractivity contribution in [3.05, 3.63) is 71.9 Å². The first-order chi connectivity index (χ1) is 13.7. The van der Waals surface area contributed by atoms with Gasteiger partial charge in [-0.05, 0) is 24.3 Å². The zero-order valence-electron chi connectivity index (χ0n) is 15.3. The van der Waals surface area contributed by atoms with Crippen LogP contribution in [0.1, 0.15) is 33.6 Å². The number of carbonyl (C=O) groups is 2. The molecule has 3 aromatic rings. The number of piperidine rings is 1. The summed E-state index contributed by atoms with van der Waals surface area (Å²) in [6.45, 7) is 1.13. The van der Waals surface area contributed by atoms with Crippen molar-refractivity contribution in [2.75, 3.05) is 18.4 Å². The minimum Gasteiger partial charge on any atom is -0.362 e. The molecular weight excluding hydrogens is 352 g/mol. The maximum absolute atomic E-state index is 13.1. The summed E-state index contributed by atoms with van der Waals surface area (Å²) in [5, 5.41) is 7.56. The lowest BCUT2D eigenvalue weighted by atomic mass is 9.92. The first-order valence-electron chi connectivity index (χ1n) is 9.48. The van der Waals surface area contributed by atoms with Gasteiger partial charge < -0.3 is 15.5 Å². The van der Waals surface area contributed by atoms with Crippen molar-refractivity contribution < 1.29 is 9.59 Å². The Balaban J connectivity index is 1.36. The van der Waals surface area contributed by atoms with Gasteiger partial charge in [-0.15, -0.1) is 0 Å². The Morgan fingerprint density at radius 2 is 1.75 bits per heavy atom. The fraction of sp³-hybridized carbons (Fsp3) is 0.227. The van der Waals surface area contributed by atoms with Crippen molar-refractivity contribution in [2.45, 2.75) is 18.5 Å². The molecule has 0 radical (unpaired) electrons. The molecule has 0 aliphatic carbocycles. The van der Waals surface area contributed by atoms with Crippen molar-refractivity contribution in [3.63, 3.8) is 0 Å². The second-order valence-electron chi connectivity index (χ2n) is 7.38. The van der Waals surface area contributed by atoms with Crippen LogP contribution in [0.4, 0.5) is 5.69 Å². The van der Waals surface area contributed by atoms with Gasteiger partial charge in [0.05, 0.1) is 16.6 Å². The van der Waals surface area contributed by atoms with Gasteiger partial charge in [-0.3, -0.25) is 14.6 Å². The molecule has 0 unspecified atom stereocenters. The van der Waals surface area contributed by atoms with E-state index in [1.54, 1.807) is 6.20 Å². The fourth-order valence-electron chi connectivity index (χ4n) is 4.15. The van der Waals surface area contributed by atoms with Crippen LogP contribution in [0.3, 0.4) is 0 Å². The third kappa shape index (κ3) is 2.69. The second-order valence-corrected chi connectivity index (χ2v) is 7.38. The van der Waals surface area contributed by atoms with Crippen molar-refractivity contribution in [1.29, 1.82) is 0 Å². The van der Waals surface area contributed by atoms with Crippen molar-refractivity contribution in [2.24, 2.45) is 0 Å². The van der Waals surface area contributed by atoms with E-state index in [-0.39, 0.29) is 11.8 Å². The number of carbonyl (C=O) groups excluding carboxylic acids is 2. The van der Waals surface area contributed by atoms with E-state index in [1.165, 1.54) is 0 Å². The third-order valence-electron chi connectivity index (χ3n) is 5.67. The van der Waals surface area contributed by atoms with Gasteiger partial charge in [0.2, 0.25) is 0 Å². The number of amides is 2. The highest BCUT2D eigenvalue weighted by atomic mass is 16.2. The number of para-hydroxylation sites is 2. The first kappa shape index (κ1) is 16.7. The quantitative estimate of drug-likeness (QED) is 0.689. The molecule has 2 N–H and O–H groups in total. The van der Waals surface area contributed by atoms with Crippen LogP contribution >= 0.6 is 0 Å². The van der Waals surface area contributed by atoms with Crippen LogP contribution in [0.15, 0.2) is 60.8 Å². The molecule has 5 rings (SSSR count). The van der Waals surface area contributed by atoms with Crippen LogP contribution in [0.25, 0.3) is 10.9 Å². The molecule has 2 amide bonds. The molecule has 1 saturated heterocycles. The predicted molar refractivity (Wildman–Crippen MR) is 107 cm³/mol. The van der Waals surface area contributed by atoms with Crippen molar-refractivity contribution >= 4 is 28.4 Å². The maximum Gasteiger partial charge on any atom is 0.256 e. The van der Waals surface area contributed by atoms with Crippen molar-refractivity contribution in [1.82, 2.24) is 15.2 Å². The van der Waals surface area contributed by atoms with Crippen LogP contribution in [-0.2, 0) is 0 Å². The molecule has 2 aromatic carbocycles. The molecule has 6 nitrogen and oxygen atoms in total. The van der Waals surface area contributed by atoms with Crippen LogP contribution in [0.5, 0.6) is 0 Å². The number of benzene rings is 2. The summed E-state index contributed by atoms with van der Waals surface area (Å²) in [4.78, 5) is 31.9. The molecule has 1 aromatic heterocycles. The monoisotopic (exact) mass is 372 g/mol. The van der Waals surface area contributed by atoms with Gasteiger partial charge in [0.15, 0.2) is 0 Å². The number of aromatic nitrogens is 1. The van der Waals surface area contributed by atoms with Gasteiger partial charge in [0.1, 0.15) is 5.66 Å². The normalized spacial score (nSPS) is 17.7. The maximum atomic E-state index is 13.1. The number of hydrogen-bond acceptors (Lipinski definition) is 4. The van der Waals surface area contributed by atoms with E-state index in [0.717, 1.165) is 16.6 Å². The Hall–Kier alpha value is -3.41. The smallest absolute Gasteiger partial charge is 0.256 e. The molecule has 0 bridgehead atoms. The highest BCUT2D eigenvalue weighted by Crippen LogP contribution is 2.32. The summed E-state index contributed by atoms with van der Waals surface area (Å²) in [6.07, 6.45) is 3.01. The zero-order chi connectivity index (χ0) is 19.1. The molecule has 1 fully saturated rings. The van der Waals surface area contributed by atoms with Gasteiger partial charge in [-0.1, -0.05) is 30.3 Å². The number of rotatable bonds is 1. The summed E-state index contributed by atoms with van der Waals surface area (Å²) in [5.41, 5.74) is 2.37. The molecule has 2 aliphatic rings. The number of nitrogens with zero attached hydrogens (tertiary/aromatic N) is 2. The molecule has 140 valence electrons. The number of hydrogen-bond donors (Lipinski definition) is 2. The molecule has 0 atom stereocenters. The first-order valence-corrected chi connectivity index (χ1v) is 9.48. The topological polar surface area (TPSA) is 74.3 Å². The van der Waals surface area contributed by atoms with E-state index in [1.807, 2.05) is 59.5 Å². The second kappa shape index (κ2) is 6.34. The van der Waals surface area contributed by atoms with Gasteiger partial charge in [0.25, 0.3) is 11.8 Å². The number of anilines is 1. The average molecular weight is 372 g/mol. The Morgan fingerprint density at radius 3 is 2.61 bits per heavy atom. The Kier molecular flexibility index (Phi) is 3.79. The summed E-state index contributed by atoms with van der Waals surface area (Å²) in [6, 6.07) is 17.0. The predicted octanol–water partition coefficient (Wildman–Crippen LogP) is 3.02.